The fourth-order valence-electron chi connectivity index (χ4n) is 3.14. The topological polar surface area (TPSA) is 92.6 Å². The smallest absolute Gasteiger partial charge is 0.253 e. The van der Waals surface area contributed by atoms with E-state index in [0.29, 0.717) is 31.6 Å². The van der Waals surface area contributed by atoms with Crippen LogP contribution in [0.2, 0.25) is 0 Å². The molecule has 0 aliphatic carbocycles. The predicted molar refractivity (Wildman–Crippen MR) is 104 cm³/mol. The molecule has 1 aromatic heterocycles. The molecule has 2 amide bonds. The van der Waals surface area contributed by atoms with Crippen LogP contribution in [-0.4, -0.2) is 71.8 Å². The van der Waals surface area contributed by atoms with Gasteiger partial charge >= 0.3 is 0 Å². The minimum Gasteiger partial charge on any atom is -0.489 e. The maximum Gasteiger partial charge on any atom is 0.253 e. The van der Waals surface area contributed by atoms with Gasteiger partial charge in [0.05, 0.1) is 18.2 Å². The number of ether oxygens (including phenoxy) is 1. The number of aromatic nitrogens is 3. The molecule has 2 heterocycles. The van der Waals surface area contributed by atoms with E-state index < -0.39 is 0 Å². The van der Waals surface area contributed by atoms with Gasteiger partial charge in [0.25, 0.3) is 5.91 Å². The summed E-state index contributed by atoms with van der Waals surface area (Å²) in [6.45, 7) is 0.919. The first-order valence-electron chi connectivity index (χ1n) is 9.17. The number of hydrogen-bond donors (Lipinski definition) is 1. The number of likely N-dealkylation sites (N-methyl/N-ethyl adjacent to an activating group) is 1. The lowest BCUT2D eigenvalue weighted by Gasteiger charge is -2.35. The van der Waals surface area contributed by atoms with E-state index in [1.165, 1.54) is 11.2 Å². The number of benzene rings is 1. The number of carbonyl (C=O) groups excluding carboxylic acids is 2. The molecule has 9 heteroatoms. The highest BCUT2D eigenvalue weighted by Gasteiger charge is 2.27. The van der Waals surface area contributed by atoms with Crippen LogP contribution in [0.5, 0.6) is 5.75 Å². The van der Waals surface area contributed by atoms with E-state index in [4.69, 9.17) is 4.74 Å². The van der Waals surface area contributed by atoms with Crippen molar-refractivity contribution in [2.45, 2.75) is 18.9 Å². The van der Waals surface area contributed by atoms with E-state index in [2.05, 4.69) is 15.4 Å². The summed E-state index contributed by atoms with van der Waals surface area (Å²) in [5.41, 5.74) is 1.41. The van der Waals surface area contributed by atoms with E-state index in [1.807, 2.05) is 25.1 Å². The number of aryl methyl sites for hydroxylation is 1. The first kappa shape index (κ1) is 19.7. The Labute approximate surface area is 164 Å². The second-order valence-corrected chi connectivity index (χ2v) is 7.06. The quantitative estimate of drug-likeness (QED) is 0.776. The van der Waals surface area contributed by atoms with Gasteiger partial charge in [0, 0.05) is 46.7 Å². The van der Waals surface area contributed by atoms with E-state index >= 15 is 0 Å². The second-order valence-electron chi connectivity index (χ2n) is 7.06. The minimum absolute atomic E-state index is 0.0495. The average Bonchev–Trinajstić information content (AvgIpc) is 3.08. The number of fused-ring (bicyclic) bond motifs is 1. The third kappa shape index (κ3) is 4.24. The fourth-order valence-corrected chi connectivity index (χ4v) is 3.14. The van der Waals surface area contributed by atoms with Crippen molar-refractivity contribution in [3.63, 3.8) is 0 Å². The van der Waals surface area contributed by atoms with Crippen LogP contribution < -0.4 is 15.0 Å². The number of nitrogens with zero attached hydrogens (tertiary/aromatic N) is 5. The molecule has 3 rings (SSSR count). The molecule has 0 fully saturated rings. The van der Waals surface area contributed by atoms with Gasteiger partial charge in [-0.05, 0) is 18.2 Å². The molecular weight excluding hydrogens is 360 g/mol. The number of carbonyl (C=O) groups is 2. The van der Waals surface area contributed by atoms with Gasteiger partial charge in [0.1, 0.15) is 24.5 Å². The Hall–Kier alpha value is -3.10. The number of rotatable bonds is 6. The SMILES string of the molecule is CN(C)C(=O)c1ccc2c(c1)N(C)[C@H](CC(=O)NCCc1ncnn1C)CO2. The molecule has 0 spiro atoms. The molecule has 1 N–H and O–H groups in total. The van der Waals surface area contributed by atoms with Gasteiger partial charge in [-0.2, -0.15) is 5.10 Å². The maximum atomic E-state index is 12.3. The van der Waals surface area contributed by atoms with Gasteiger partial charge in [-0.3, -0.25) is 14.3 Å². The molecule has 0 unspecified atom stereocenters. The standard InChI is InChI=1S/C19H26N6O3/c1-23(2)19(27)13-5-6-16-15(9-13)24(3)14(11-28-16)10-18(26)20-8-7-17-21-12-22-25(17)4/h5-6,9,12,14H,7-8,10-11H2,1-4H3,(H,20,26)/t14-/m1/s1. The lowest BCUT2D eigenvalue weighted by atomic mass is 10.1. The van der Waals surface area contributed by atoms with Crippen LogP contribution in [0.4, 0.5) is 5.69 Å². The van der Waals surface area contributed by atoms with Gasteiger partial charge in [-0.15, -0.1) is 0 Å². The van der Waals surface area contributed by atoms with Crippen LogP contribution in [0.15, 0.2) is 24.5 Å². The molecule has 0 saturated carbocycles. The van der Waals surface area contributed by atoms with Gasteiger partial charge < -0.3 is 19.9 Å². The molecular formula is C19H26N6O3. The monoisotopic (exact) mass is 386 g/mol. The highest BCUT2D eigenvalue weighted by atomic mass is 16.5. The Morgan fingerprint density at radius 3 is 2.79 bits per heavy atom. The summed E-state index contributed by atoms with van der Waals surface area (Å²) in [5, 5.41) is 6.93. The van der Waals surface area contributed by atoms with Crippen LogP contribution >= 0.6 is 0 Å². The Kier molecular flexibility index (Phi) is 5.81. The normalized spacial score (nSPS) is 15.6. The zero-order valence-electron chi connectivity index (χ0n) is 16.7. The number of hydrogen-bond acceptors (Lipinski definition) is 6. The zero-order chi connectivity index (χ0) is 20.3. The summed E-state index contributed by atoms with van der Waals surface area (Å²) in [7, 11) is 7.18. The van der Waals surface area contributed by atoms with Crippen LogP contribution in [0.1, 0.15) is 22.6 Å². The van der Waals surface area contributed by atoms with E-state index in [-0.39, 0.29) is 17.9 Å². The summed E-state index contributed by atoms with van der Waals surface area (Å²) in [6, 6.07) is 5.27. The third-order valence-electron chi connectivity index (χ3n) is 4.87. The summed E-state index contributed by atoms with van der Waals surface area (Å²) in [4.78, 5) is 32.3. The second kappa shape index (κ2) is 8.28. The van der Waals surface area contributed by atoms with E-state index in [1.54, 1.807) is 30.9 Å². The summed E-state index contributed by atoms with van der Waals surface area (Å²) < 4.78 is 7.51. The van der Waals surface area contributed by atoms with Gasteiger partial charge in [0.2, 0.25) is 5.91 Å². The molecule has 150 valence electrons. The molecule has 1 aliphatic rings. The van der Waals surface area contributed by atoms with Gasteiger partial charge in [-0.25, -0.2) is 4.98 Å². The Morgan fingerprint density at radius 2 is 2.11 bits per heavy atom. The predicted octanol–water partition coefficient (Wildman–Crippen LogP) is 0.463. The molecule has 0 bridgehead atoms. The molecule has 9 nitrogen and oxygen atoms in total. The molecule has 1 atom stereocenters. The highest BCUT2D eigenvalue weighted by molar-refractivity contribution is 5.95. The summed E-state index contributed by atoms with van der Waals surface area (Å²) >= 11 is 0. The lowest BCUT2D eigenvalue weighted by Crippen LogP contribution is -2.44. The molecule has 0 saturated heterocycles. The van der Waals surface area contributed by atoms with Crippen molar-refractivity contribution in [1.82, 2.24) is 25.0 Å². The Morgan fingerprint density at radius 1 is 1.32 bits per heavy atom. The molecule has 1 aromatic carbocycles. The maximum absolute atomic E-state index is 12.3. The van der Waals surface area contributed by atoms with E-state index in [0.717, 1.165) is 17.3 Å². The molecule has 2 aromatic rings. The molecule has 28 heavy (non-hydrogen) atoms. The minimum atomic E-state index is -0.105. The summed E-state index contributed by atoms with van der Waals surface area (Å²) in [6.07, 6.45) is 2.43. The number of anilines is 1. The van der Waals surface area contributed by atoms with Gasteiger partial charge in [-0.1, -0.05) is 0 Å². The van der Waals surface area contributed by atoms with Crippen LogP contribution in [0.3, 0.4) is 0 Å². The first-order chi connectivity index (χ1) is 13.4. The van der Waals surface area contributed by atoms with Crippen molar-refractivity contribution in [2.75, 3.05) is 39.2 Å². The van der Waals surface area contributed by atoms with Crippen LogP contribution in [-0.2, 0) is 18.3 Å². The lowest BCUT2D eigenvalue weighted by molar-refractivity contribution is -0.121. The number of nitrogens with one attached hydrogen (secondary N) is 1. The van der Waals surface area contributed by atoms with Crippen molar-refractivity contribution in [1.29, 1.82) is 0 Å². The summed E-state index contributed by atoms with van der Waals surface area (Å²) in [5.74, 6) is 1.42. The third-order valence-corrected chi connectivity index (χ3v) is 4.87. The molecule has 1 aliphatic heterocycles. The van der Waals surface area contributed by atoms with Crippen molar-refractivity contribution >= 4 is 17.5 Å². The van der Waals surface area contributed by atoms with Crippen LogP contribution in [0.25, 0.3) is 0 Å². The van der Waals surface area contributed by atoms with Gasteiger partial charge in [0.15, 0.2) is 0 Å². The average molecular weight is 386 g/mol. The van der Waals surface area contributed by atoms with Crippen molar-refractivity contribution in [3.05, 3.63) is 35.9 Å². The fraction of sp³-hybridized carbons (Fsp3) is 0.474. The first-order valence-corrected chi connectivity index (χ1v) is 9.17. The van der Waals surface area contributed by atoms with Crippen molar-refractivity contribution in [3.8, 4) is 5.75 Å². The number of amides is 2. The molecule has 0 radical (unpaired) electrons. The van der Waals surface area contributed by atoms with Crippen molar-refractivity contribution in [2.24, 2.45) is 7.05 Å². The van der Waals surface area contributed by atoms with E-state index in [9.17, 15) is 9.59 Å². The van der Waals surface area contributed by atoms with Crippen molar-refractivity contribution < 1.29 is 14.3 Å². The van der Waals surface area contributed by atoms with Crippen LogP contribution in [0, 0.1) is 0 Å². The highest BCUT2D eigenvalue weighted by Crippen LogP contribution is 2.34. The Bertz CT molecular complexity index is 863. The largest absolute Gasteiger partial charge is 0.489 e. The Balaban J connectivity index is 1.59. The zero-order valence-corrected chi connectivity index (χ0v) is 16.7.